The molecule has 4 rings (SSSR count). The third kappa shape index (κ3) is 3.57. The third-order valence-corrected chi connectivity index (χ3v) is 4.46. The van der Waals surface area contributed by atoms with Gasteiger partial charge in [-0.1, -0.05) is 0 Å². The second-order valence-electron chi connectivity index (χ2n) is 6.17. The highest BCUT2D eigenvalue weighted by molar-refractivity contribution is 6.05. The molecular weight excluding hydrogens is 342 g/mol. The van der Waals surface area contributed by atoms with Crippen LogP contribution in [0.15, 0.2) is 48.8 Å². The molecule has 27 heavy (non-hydrogen) atoms. The van der Waals surface area contributed by atoms with E-state index in [0.717, 1.165) is 29.8 Å². The normalized spacial score (nSPS) is 14.0. The van der Waals surface area contributed by atoms with Crippen LogP contribution in [0.5, 0.6) is 0 Å². The molecule has 0 atom stereocenters. The van der Waals surface area contributed by atoms with E-state index in [0.29, 0.717) is 30.0 Å². The van der Waals surface area contributed by atoms with Gasteiger partial charge in [-0.3, -0.25) is 4.79 Å². The van der Waals surface area contributed by atoms with Gasteiger partial charge in [-0.2, -0.15) is 5.26 Å². The number of carbonyl (C=O) groups is 1. The summed E-state index contributed by atoms with van der Waals surface area (Å²) < 4.78 is 5.40. The monoisotopic (exact) mass is 359 g/mol. The zero-order chi connectivity index (χ0) is 18.6. The van der Waals surface area contributed by atoms with Crippen LogP contribution in [0.1, 0.15) is 15.9 Å². The van der Waals surface area contributed by atoms with Gasteiger partial charge in [-0.15, -0.1) is 0 Å². The summed E-state index contributed by atoms with van der Waals surface area (Å²) in [6.07, 6.45) is 1.54. The van der Waals surface area contributed by atoms with Crippen molar-refractivity contribution in [1.82, 2.24) is 9.97 Å². The van der Waals surface area contributed by atoms with Crippen molar-refractivity contribution in [1.29, 1.82) is 5.26 Å². The summed E-state index contributed by atoms with van der Waals surface area (Å²) in [6.45, 7) is 2.96. The lowest BCUT2D eigenvalue weighted by atomic mass is 10.1. The molecule has 0 radical (unpaired) electrons. The number of amides is 1. The molecule has 0 saturated carbocycles. The quantitative estimate of drug-likeness (QED) is 0.773. The van der Waals surface area contributed by atoms with Gasteiger partial charge in [-0.05, 0) is 42.5 Å². The Balaban J connectivity index is 1.58. The van der Waals surface area contributed by atoms with Crippen LogP contribution < -0.4 is 10.2 Å². The molecule has 0 bridgehead atoms. The summed E-state index contributed by atoms with van der Waals surface area (Å²) in [6, 6.07) is 14.2. The Morgan fingerprint density at radius 2 is 1.89 bits per heavy atom. The van der Waals surface area contributed by atoms with Gasteiger partial charge >= 0.3 is 0 Å². The highest BCUT2D eigenvalue weighted by Crippen LogP contribution is 2.26. The fraction of sp³-hybridized carbons (Fsp3) is 0.200. The maximum atomic E-state index is 12.4. The summed E-state index contributed by atoms with van der Waals surface area (Å²) in [5.74, 6) is 0.648. The van der Waals surface area contributed by atoms with E-state index in [1.807, 2.05) is 24.3 Å². The van der Waals surface area contributed by atoms with Crippen molar-refractivity contribution in [3.05, 3.63) is 59.9 Å². The van der Waals surface area contributed by atoms with E-state index < -0.39 is 0 Å². The number of nitrogens with zero attached hydrogens (tertiary/aromatic N) is 4. The first-order valence-electron chi connectivity index (χ1n) is 8.63. The minimum atomic E-state index is -0.235. The number of hydrogen-bond donors (Lipinski definition) is 1. The predicted octanol–water partition coefficient (Wildman–Crippen LogP) is 2.59. The minimum Gasteiger partial charge on any atom is -0.378 e. The summed E-state index contributed by atoms with van der Waals surface area (Å²) in [4.78, 5) is 23.4. The Morgan fingerprint density at radius 1 is 1.11 bits per heavy atom. The van der Waals surface area contributed by atoms with Gasteiger partial charge < -0.3 is 15.0 Å². The van der Waals surface area contributed by atoms with Gasteiger partial charge in [0.05, 0.1) is 30.4 Å². The highest BCUT2D eigenvalue weighted by Gasteiger charge is 2.16. The molecule has 1 aliphatic rings. The number of hydrogen-bond acceptors (Lipinski definition) is 6. The molecule has 1 amide bonds. The number of aromatic nitrogens is 2. The lowest BCUT2D eigenvalue weighted by molar-refractivity contribution is 0.102. The van der Waals surface area contributed by atoms with Gasteiger partial charge in [-0.25, -0.2) is 9.97 Å². The van der Waals surface area contributed by atoms with Gasteiger partial charge in [0.2, 0.25) is 0 Å². The molecule has 1 aliphatic heterocycles. The maximum Gasteiger partial charge on any atom is 0.255 e. The predicted molar refractivity (Wildman–Crippen MR) is 102 cm³/mol. The standard InChI is InChI=1S/C20H17N5O2/c21-12-14-1-3-15(4-2-14)20(26)24-16-5-6-17-18(11-16)22-13-23-19(17)25-7-9-27-10-8-25/h1-6,11,13H,7-10H2,(H,24,26). The van der Waals surface area contributed by atoms with E-state index >= 15 is 0 Å². The van der Waals surface area contributed by atoms with Crippen LogP contribution in [0, 0.1) is 11.3 Å². The molecule has 0 aliphatic carbocycles. The number of carbonyl (C=O) groups excluding carboxylic acids is 1. The van der Waals surface area contributed by atoms with Crippen molar-refractivity contribution in [3.63, 3.8) is 0 Å². The van der Waals surface area contributed by atoms with Gasteiger partial charge in [0.15, 0.2) is 0 Å². The van der Waals surface area contributed by atoms with Crippen LogP contribution in [-0.4, -0.2) is 42.2 Å². The van der Waals surface area contributed by atoms with Crippen LogP contribution in [0.3, 0.4) is 0 Å². The van der Waals surface area contributed by atoms with Crippen LogP contribution >= 0.6 is 0 Å². The number of nitriles is 1. The van der Waals surface area contributed by atoms with E-state index in [-0.39, 0.29) is 5.91 Å². The number of ether oxygens (including phenoxy) is 1. The van der Waals surface area contributed by atoms with Crippen molar-refractivity contribution in [2.75, 3.05) is 36.5 Å². The lowest BCUT2D eigenvalue weighted by Crippen LogP contribution is -2.36. The largest absolute Gasteiger partial charge is 0.378 e. The number of fused-ring (bicyclic) bond motifs is 1. The van der Waals surface area contributed by atoms with E-state index in [2.05, 4.69) is 20.2 Å². The fourth-order valence-corrected chi connectivity index (χ4v) is 3.05. The molecule has 1 N–H and O–H groups in total. The van der Waals surface area contributed by atoms with E-state index in [9.17, 15) is 4.79 Å². The molecule has 134 valence electrons. The van der Waals surface area contributed by atoms with E-state index in [4.69, 9.17) is 10.00 Å². The Labute approximate surface area is 156 Å². The molecule has 7 nitrogen and oxygen atoms in total. The molecule has 1 saturated heterocycles. The molecule has 3 aromatic rings. The molecule has 1 fully saturated rings. The Bertz CT molecular complexity index is 1020. The van der Waals surface area contributed by atoms with Gasteiger partial charge in [0, 0.05) is 29.7 Å². The van der Waals surface area contributed by atoms with Gasteiger partial charge in [0.1, 0.15) is 12.1 Å². The third-order valence-electron chi connectivity index (χ3n) is 4.46. The molecule has 1 aromatic heterocycles. The number of rotatable bonds is 3. The van der Waals surface area contributed by atoms with E-state index in [1.165, 1.54) is 0 Å². The minimum absolute atomic E-state index is 0.235. The molecule has 0 spiro atoms. The molecule has 2 aromatic carbocycles. The second kappa shape index (κ2) is 7.40. The second-order valence-corrected chi connectivity index (χ2v) is 6.17. The Morgan fingerprint density at radius 3 is 2.63 bits per heavy atom. The van der Waals surface area contributed by atoms with Crippen LogP contribution in [-0.2, 0) is 4.74 Å². The van der Waals surface area contributed by atoms with Crippen LogP contribution in [0.25, 0.3) is 10.9 Å². The average Bonchev–Trinajstić information content (AvgIpc) is 2.74. The van der Waals surface area contributed by atoms with Crippen molar-refractivity contribution in [2.45, 2.75) is 0 Å². The number of anilines is 2. The first kappa shape index (κ1) is 16.9. The summed E-state index contributed by atoms with van der Waals surface area (Å²) in [5, 5.41) is 12.7. The number of benzene rings is 2. The zero-order valence-electron chi connectivity index (χ0n) is 14.6. The molecule has 2 heterocycles. The lowest BCUT2D eigenvalue weighted by Gasteiger charge is -2.28. The maximum absolute atomic E-state index is 12.4. The van der Waals surface area contributed by atoms with Gasteiger partial charge in [0.25, 0.3) is 5.91 Å². The van der Waals surface area contributed by atoms with Crippen molar-refractivity contribution in [3.8, 4) is 6.07 Å². The van der Waals surface area contributed by atoms with E-state index in [1.54, 1.807) is 30.6 Å². The van der Waals surface area contributed by atoms with Crippen LogP contribution in [0.2, 0.25) is 0 Å². The van der Waals surface area contributed by atoms with Crippen molar-refractivity contribution >= 4 is 28.3 Å². The fourth-order valence-electron chi connectivity index (χ4n) is 3.05. The average molecular weight is 359 g/mol. The summed E-state index contributed by atoms with van der Waals surface area (Å²) in [7, 11) is 0. The molecular formula is C20H17N5O2. The summed E-state index contributed by atoms with van der Waals surface area (Å²) in [5.41, 5.74) is 2.43. The van der Waals surface area contributed by atoms with Crippen LogP contribution in [0.4, 0.5) is 11.5 Å². The smallest absolute Gasteiger partial charge is 0.255 e. The van der Waals surface area contributed by atoms with Crippen molar-refractivity contribution < 1.29 is 9.53 Å². The van der Waals surface area contributed by atoms with Crippen molar-refractivity contribution in [2.24, 2.45) is 0 Å². The highest BCUT2D eigenvalue weighted by atomic mass is 16.5. The summed E-state index contributed by atoms with van der Waals surface area (Å²) >= 11 is 0. The molecule has 0 unspecified atom stereocenters. The number of nitrogens with one attached hydrogen (secondary N) is 1. The zero-order valence-corrected chi connectivity index (χ0v) is 14.6. The first-order chi connectivity index (χ1) is 13.2. The molecule has 7 heteroatoms. The first-order valence-corrected chi connectivity index (χ1v) is 8.63. The Hall–Kier alpha value is -3.50. The topological polar surface area (TPSA) is 91.1 Å². The SMILES string of the molecule is N#Cc1ccc(C(=O)Nc2ccc3c(N4CCOCC4)ncnc3c2)cc1. The number of morpholine rings is 1. The Kier molecular flexibility index (Phi) is 4.64.